The van der Waals surface area contributed by atoms with Crippen LogP contribution in [0.25, 0.3) is 0 Å². The molecule has 0 radical (unpaired) electrons. The molecule has 2 aromatic rings. The molecule has 9 heteroatoms. The number of halogens is 3. The molecule has 2 aromatic carbocycles. The van der Waals surface area contributed by atoms with Crippen LogP contribution in [0.1, 0.15) is 18.1 Å². The number of carbonyl (C=O) groups is 2. The number of carbonyl (C=O) groups excluding carboxylic acids is 2. The van der Waals surface area contributed by atoms with E-state index in [1.807, 2.05) is 30.3 Å². The lowest BCUT2D eigenvalue weighted by Crippen LogP contribution is -2.28. The molecule has 0 bridgehead atoms. The first-order valence-electron chi connectivity index (χ1n) is 8.38. The number of thioether (sulfide) groups is 1. The highest BCUT2D eigenvalue weighted by atomic mass is 32.2. The summed E-state index contributed by atoms with van der Waals surface area (Å²) in [5.74, 6) is -0.414. The summed E-state index contributed by atoms with van der Waals surface area (Å²) in [6.45, 7) is 1.34. The average Bonchev–Trinajstić information content (AvgIpc) is 2.65. The molecule has 0 unspecified atom stereocenters. The Labute approximate surface area is 163 Å². The summed E-state index contributed by atoms with van der Waals surface area (Å²) >= 11 is 1.36. The lowest BCUT2D eigenvalue weighted by Gasteiger charge is -2.23. The van der Waals surface area contributed by atoms with Gasteiger partial charge < -0.3 is 15.4 Å². The first kappa shape index (κ1) is 20.1. The maximum absolute atomic E-state index is 13.2. The number of alkyl halides is 3. The minimum Gasteiger partial charge on any atom is -0.479 e. The van der Waals surface area contributed by atoms with E-state index in [4.69, 9.17) is 4.74 Å². The Kier molecular flexibility index (Phi) is 5.83. The smallest absolute Gasteiger partial charge is 0.416 e. The van der Waals surface area contributed by atoms with Gasteiger partial charge in [0.25, 0.3) is 5.91 Å². The van der Waals surface area contributed by atoms with Crippen molar-refractivity contribution in [3.8, 4) is 5.75 Å². The highest BCUT2D eigenvalue weighted by molar-refractivity contribution is 7.99. The van der Waals surface area contributed by atoms with E-state index in [1.165, 1.54) is 11.8 Å². The molecular weight excluding hydrogens is 393 g/mol. The Morgan fingerprint density at radius 2 is 2.00 bits per heavy atom. The summed E-state index contributed by atoms with van der Waals surface area (Å²) < 4.78 is 44.8. The van der Waals surface area contributed by atoms with Crippen LogP contribution in [0.15, 0.2) is 42.5 Å². The predicted octanol–water partition coefficient (Wildman–Crippen LogP) is 4.30. The number of hydrogen-bond acceptors (Lipinski definition) is 4. The predicted molar refractivity (Wildman–Crippen MR) is 101 cm³/mol. The van der Waals surface area contributed by atoms with Crippen LogP contribution in [-0.2, 0) is 21.5 Å². The molecule has 0 saturated heterocycles. The van der Waals surface area contributed by atoms with E-state index in [1.54, 1.807) is 6.92 Å². The van der Waals surface area contributed by atoms with Gasteiger partial charge in [-0.2, -0.15) is 13.2 Å². The minimum absolute atomic E-state index is 0.0150. The van der Waals surface area contributed by atoms with E-state index in [2.05, 4.69) is 10.6 Å². The van der Waals surface area contributed by atoms with Gasteiger partial charge in [-0.25, -0.2) is 0 Å². The van der Waals surface area contributed by atoms with E-state index in [-0.39, 0.29) is 23.7 Å². The number of rotatable bonds is 5. The van der Waals surface area contributed by atoms with E-state index >= 15 is 0 Å². The van der Waals surface area contributed by atoms with Crippen LogP contribution >= 0.6 is 11.8 Å². The second-order valence-corrected chi connectivity index (χ2v) is 7.49. The van der Waals surface area contributed by atoms with Crippen LogP contribution in [0.5, 0.6) is 5.75 Å². The summed E-state index contributed by atoms with van der Waals surface area (Å²) in [5, 5.41) is 4.33. The number of anilines is 2. The van der Waals surface area contributed by atoms with Crippen LogP contribution in [0.4, 0.5) is 24.5 Å². The van der Waals surface area contributed by atoms with Crippen molar-refractivity contribution in [1.82, 2.24) is 0 Å². The zero-order chi connectivity index (χ0) is 20.3. The molecule has 2 amide bonds. The molecule has 2 N–H and O–H groups in total. The molecule has 28 heavy (non-hydrogen) atoms. The van der Waals surface area contributed by atoms with E-state index in [0.29, 0.717) is 5.75 Å². The summed E-state index contributed by atoms with van der Waals surface area (Å²) in [5.41, 5.74) is -0.195. The molecule has 0 aliphatic carbocycles. The van der Waals surface area contributed by atoms with Gasteiger partial charge in [-0.1, -0.05) is 30.3 Å². The zero-order valence-corrected chi connectivity index (χ0v) is 15.6. The molecule has 1 heterocycles. The van der Waals surface area contributed by atoms with Crippen LogP contribution in [0, 0.1) is 0 Å². The first-order valence-corrected chi connectivity index (χ1v) is 9.43. The van der Waals surface area contributed by atoms with Crippen molar-refractivity contribution in [1.29, 1.82) is 0 Å². The Morgan fingerprint density at radius 3 is 2.68 bits per heavy atom. The van der Waals surface area contributed by atoms with Gasteiger partial charge in [0.05, 0.1) is 22.2 Å². The van der Waals surface area contributed by atoms with Crippen molar-refractivity contribution < 1.29 is 27.5 Å². The second kappa shape index (κ2) is 8.14. The maximum Gasteiger partial charge on any atom is 0.416 e. The molecule has 1 aliphatic heterocycles. The van der Waals surface area contributed by atoms with Crippen LogP contribution < -0.4 is 15.4 Å². The Balaban J connectivity index is 1.77. The Hall–Kier alpha value is -2.68. The number of amides is 2. The lowest BCUT2D eigenvalue weighted by atomic mass is 10.1. The molecule has 5 nitrogen and oxygen atoms in total. The highest BCUT2D eigenvalue weighted by Gasteiger charge is 2.34. The van der Waals surface area contributed by atoms with Crippen LogP contribution in [-0.4, -0.2) is 23.7 Å². The van der Waals surface area contributed by atoms with Crippen molar-refractivity contribution >= 4 is 35.0 Å². The van der Waals surface area contributed by atoms with Crippen molar-refractivity contribution in [2.45, 2.75) is 24.1 Å². The number of nitrogens with one attached hydrogen (secondary N) is 2. The van der Waals surface area contributed by atoms with Crippen molar-refractivity contribution in [3.05, 3.63) is 53.6 Å². The number of ether oxygens (including phenoxy) is 1. The largest absolute Gasteiger partial charge is 0.479 e. The van der Waals surface area contributed by atoms with E-state index < -0.39 is 28.8 Å². The molecular formula is C19H17F3N2O3S. The lowest BCUT2D eigenvalue weighted by molar-refractivity contribution is -0.137. The third-order valence-corrected chi connectivity index (χ3v) is 5.22. The van der Waals surface area contributed by atoms with Gasteiger partial charge >= 0.3 is 6.18 Å². The molecule has 0 fully saturated rings. The SMILES string of the molecule is C[C@H](SCc1ccccc1)C(=O)Nc1cc(C(F)(F)F)cc2c1OCC(=O)N2. The molecule has 0 spiro atoms. The van der Waals surface area contributed by atoms with Gasteiger partial charge in [0.15, 0.2) is 12.4 Å². The molecule has 0 saturated carbocycles. The average molecular weight is 410 g/mol. The fraction of sp³-hybridized carbons (Fsp3) is 0.263. The van der Waals surface area contributed by atoms with E-state index in [9.17, 15) is 22.8 Å². The highest BCUT2D eigenvalue weighted by Crippen LogP contribution is 2.42. The summed E-state index contributed by atoms with van der Waals surface area (Å²) in [6, 6.07) is 11.1. The molecule has 1 aliphatic rings. The van der Waals surface area contributed by atoms with Gasteiger partial charge in [0.1, 0.15) is 0 Å². The van der Waals surface area contributed by atoms with Gasteiger partial charge in [-0.05, 0) is 24.6 Å². The normalized spacial score (nSPS) is 14.5. The van der Waals surface area contributed by atoms with Gasteiger partial charge in [-0.3, -0.25) is 9.59 Å². The third-order valence-electron chi connectivity index (χ3n) is 4.01. The molecule has 3 rings (SSSR count). The maximum atomic E-state index is 13.2. The van der Waals surface area contributed by atoms with Crippen molar-refractivity contribution in [2.24, 2.45) is 0 Å². The molecule has 1 atom stereocenters. The standard InChI is InChI=1S/C19H17F3N2O3S/c1-11(28-10-12-5-3-2-4-6-12)18(26)24-15-8-13(19(20,21)22)7-14-17(15)27-9-16(25)23-14/h2-8,11H,9-10H2,1H3,(H,23,25)(H,24,26)/t11-/m0/s1. The van der Waals surface area contributed by atoms with E-state index in [0.717, 1.165) is 17.7 Å². The molecule has 0 aromatic heterocycles. The third kappa shape index (κ3) is 4.78. The quantitative estimate of drug-likeness (QED) is 0.772. The van der Waals surface area contributed by atoms with Crippen LogP contribution in [0.2, 0.25) is 0 Å². The topological polar surface area (TPSA) is 67.4 Å². The van der Waals surface area contributed by atoms with Gasteiger partial charge in [-0.15, -0.1) is 11.8 Å². The summed E-state index contributed by atoms with van der Waals surface area (Å²) in [4.78, 5) is 23.9. The van der Waals surface area contributed by atoms with Gasteiger partial charge in [0, 0.05) is 5.75 Å². The second-order valence-electron chi connectivity index (χ2n) is 6.16. The number of benzene rings is 2. The Morgan fingerprint density at radius 1 is 1.29 bits per heavy atom. The fourth-order valence-corrected chi connectivity index (χ4v) is 3.41. The number of fused-ring (bicyclic) bond motifs is 1. The zero-order valence-electron chi connectivity index (χ0n) is 14.8. The van der Waals surface area contributed by atoms with Crippen LogP contribution in [0.3, 0.4) is 0 Å². The van der Waals surface area contributed by atoms with Crippen molar-refractivity contribution in [3.63, 3.8) is 0 Å². The molecule has 148 valence electrons. The first-order chi connectivity index (χ1) is 13.2. The van der Waals surface area contributed by atoms with Gasteiger partial charge in [0.2, 0.25) is 5.91 Å². The van der Waals surface area contributed by atoms with Crippen molar-refractivity contribution in [2.75, 3.05) is 17.2 Å². The Bertz CT molecular complexity index is 888. The minimum atomic E-state index is -4.63. The summed E-state index contributed by atoms with van der Waals surface area (Å²) in [7, 11) is 0. The summed E-state index contributed by atoms with van der Waals surface area (Å²) in [6.07, 6.45) is -4.63. The monoisotopic (exact) mass is 410 g/mol. The number of hydrogen-bond donors (Lipinski definition) is 2. The fourth-order valence-electron chi connectivity index (χ4n) is 2.56.